The summed E-state index contributed by atoms with van der Waals surface area (Å²) in [4.78, 5) is 0. The number of benzene rings is 1. The van der Waals surface area contributed by atoms with E-state index >= 15 is 0 Å². The highest BCUT2D eigenvalue weighted by atomic mass is 79.9. The molecule has 1 saturated carbocycles. The first-order valence-electron chi connectivity index (χ1n) is 6.96. The molecule has 2 nitrogen and oxygen atoms in total. The molecule has 2 rings (SSSR count). The molecule has 21 heavy (non-hydrogen) atoms. The molecule has 1 aromatic rings. The fraction of sp³-hybridized carbons (Fsp3) is 0.600. The predicted octanol–water partition coefficient (Wildman–Crippen LogP) is 5.70. The minimum Gasteiger partial charge on any atom is -0.483 e. The van der Waals surface area contributed by atoms with Gasteiger partial charge in [0.2, 0.25) is 0 Å². The first kappa shape index (κ1) is 16.5. The van der Waals surface area contributed by atoms with Crippen LogP contribution in [0.4, 0.5) is 13.2 Å². The van der Waals surface area contributed by atoms with Crippen molar-refractivity contribution in [3.05, 3.63) is 22.7 Å². The zero-order chi connectivity index (χ0) is 15.7. The van der Waals surface area contributed by atoms with E-state index in [0.717, 1.165) is 25.7 Å². The molecule has 0 N–H and O–H groups in total. The van der Waals surface area contributed by atoms with Crippen LogP contribution in [0.25, 0.3) is 0 Å². The van der Waals surface area contributed by atoms with Gasteiger partial charge in [0.15, 0.2) is 11.5 Å². The van der Waals surface area contributed by atoms with Gasteiger partial charge in [-0.15, -0.1) is 13.2 Å². The Kier molecular flexibility index (Phi) is 4.76. The summed E-state index contributed by atoms with van der Waals surface area (Å²) in [5.41, 5.74) is -0.412. The van der Waals surface area contributed by atoms with Gasteiger partial charge in [-0.3, -0.25) is 0 Å². The van der Waals surface area contributed by atoms with Crippen molar-refractivity contribution in [1.82, 2.24) is 0 Å². The second-order valence-electron chi connectivity index (χ2n) is 5.67. The van der Waals surface area contributed by atoms with Crippen LogP contribution >= 0.6 is 15.9 Å². The molecule has 0 unspecified atom stereocenters. The van der Waals surface area contributed by atoms with E-state index in [4.69, 9.17) is 4.74 Å². The van der Waals surface area contributed by atoms with Crippen molar-refractivity contribution >= 4 is 15.9 Å². The third kappa shape index (κ3) is 4.05. The van der Waals surface area contributed by atoms with E-state index in [0.29, 0.717) is 4.47 Å². The van der Waals surface area contributed by atoms with Gasteiger partial charge in [0.05, 0.1) is 0 Å². The predicted molar refractivity (Wildman–Crippen MR) is 77.5 cm³/mol. The van der Waals surface area contributed by atoms with Gasteiger partial charge in [-0.2, -0.15) is 0 Å². The standard InChI is InChI=1S/C15H18BrF3O2/c1-10(2)14(7-3-4-8-14)20-13-9-11(16)5-6-12(13)21-15(17,18)19/h5-6,9-10H,3-4,7-8H2,1-2H3. The monoisotopic (exact) mass is 366 g/mol. The molecular weight excluding hydrogens is 349 g/mol. The molecule has 118 valence electrons. The molecule has 1 fully saturated rings. The van der Waals surface area contributed by atoms with Crippen molar-refractivity contribution in [2.75, 3.05) is 0 Å². The highest BCUT2D eigenvalue weighted by Crippen LogP contribution is 2.44. The molecule has 0 amide bonds. The SMILES string of the molecule is CC(C)C1(Oc2cc(Br)ccc2OC(F)(F)F)CCCC1. The van der Waals surface area contributed by atoms with E-state index in [1.165, 1.54) is 18.2 Å². The van der Waals surface area contributed by atoms with Crippen molar-refractivity contribution < 1.29 is 22.6 Å². The van der Waals surface area contributed by atoms with Crippen LogP contribution in [0.2, 0.25) is 0 Å². The van der Waals surface area contributed by atoms with Crippen molar-refractivity contribution in [2.24, 2.45) is 5.92 Å². The lowest BCUT2D eigenvalue weighted by molar-refractivity contribution is -0.275. The van der Waals surface area contributed by atoms with Gasteiger partial charge in [-0.1, -0.05) is 29.8 Å². The first-order valence-corrected chi connectivity index (χ1v) is 7.75. The Morgan fingerprint density at radius 1 is 1.14 bits per heavy atom. The van der Waals surface area contributed by atoms with E-state index in [-0.39, 0.29) is 17.4 Å². The zero-order valence-corrected chi connectivity index (χ0v) is 13.6. The highest BCUT2D eigenvalue weighted by molar-refractivity contribution is 9.10. The largest absolute Gasteiger partial charge is 0.573 e. The molecule has 0 atom stereocenters. The highest BCUT2D eigenvalue weighted by Gasteiger charge is 2.40. The summed E-state index contributed by atoms with van der Waals surface area (Å²) >= 11 is 3.26. The Hall–Kier alpha value is -0.910. The van der Waals surface area contributed by atoms with Crippen LogP contribution in [-0.2, 0) is 0 Å². The Balaban J connectivity index is 2.31. The summed E-state index contributed by atoms with van der Waals surface area (Å²) in [5, 5.41) is 0. The van der Waals surface area contributed by atoms with Crippen molar-refractivity contribution in [3.63, 3.8) is 0 Å². The van der Waals surface area contributed by atoms with Gasteiger partial charge in [0.25, 0.3) is 0 Å². The van der Waals surface area contributed by atoms with E-state index in [2.05, 4.69) is 20.7 Å². The third-order valence-corrected chi connectivity index (χ3v) is 4.44. The van der Waals surface area contributed by atoms with Crippen LogP contribution in [0.5, 0.6) is 11.5 Å². The number of hydrogen-bond acceptors (Lipinski definition) is 2. The van der Waals surface area contributed by atoms with Crippen molar-refractivity contribution in [1.29, 1.82) is 0 Å². The summed E-state index contributed by atoms with van der Waals surface area (Å²) in [6.07, 6.45) is -0.971. The molecule has 0 spiro atoms. The van der Waals surface area contributed by atoms with Gasteiger partial charge in [-0.25, -0.2) is 0 Å². The second-order valence-corrected chi connectivity index (χ2v) is 6.58. The van der Waals surface area contributed by atoms with Crippen molar-refractivity contribution in [3.8, 4) is 11.5 Å². The van der Waals surface area contributed by atoms with Gasteiger partial charge in [0, 0.05) is 4.47 Å². The van der Waals surface area contributed by atoms with Crippen LogP contribution in [0.15, 0.2) is 22.7 Å². The number of alkyl halides is 3. The van der Waals surface area contributed by atoms with Crippen LogP contribution < -0.4 is 9.47 Å². The van der Waals surface area contributed by atoms with Gasteiger partial charge in [-0.05, 0) is 49.8 Å². The van der Waals surface area contributed by atoms with Crippen LogP contribution in [0.1, 0.15) is 39.5 Å². The molecule has 0 aliphatic heterocycles. The number of hydrogen-bond donors (Lipinski definition) is 0. The van der Waals surface area contributed by atoms with E-state index in [1.54, 1.807) is 0 Å². The Labute approximate surface area is 130 Å². The molecule has 0 heterocycles. The maximum atomic E-state index is 12.5. The molecular formula is C15H18BrF3O2. The fourth-order valence-electron chi connectivity index (χ4n) is 2.76. The summed E-state index contributed by atoms with van der Waals surface area (Å²) in [6.45, 7) is 4.07. The minimum atomic E-state index is -4.73. The van der Waals surface area contributed by atoms with Crippen LogP contribution in [0.3, 0.4) is 0 Å². The number of halogens is 4. The number of rotatable bonds is 4. The minimum absolute atomic E-state index is 0.136. The van der Waals surface area contributed by atoms with Crippen LogP contribution in [0, 0.1) is 5.92 Å². The average molecular weight is 367 g/mol. The topological polar surface area (TPSA) is 18.5 Å². The molecule has 0 saturated heterocycles. The Morgan fingerprint density at radius 3 is 2.29 bits per heavy atom. The lowest BCUT2D eigenvalue weighted by Gasteiger charge is -2.35. The summed E-state index contributed by atoms with van der Waals surface area (Å²) in [5.74, 6) is 0.0626. The van der Waals surface area contributed by atoms with E-state index in [1.807, 2.05) is 13.8 Å². The lowest BCUT2D eigenvalue weighted by Crippen LogP contribution is -2.38. The first-order chi connectivity index (χ1) is 9.72. The smallest absolute Gasteiger partial charge is 0.483 e. The Bertz CT molecular complexity index is 494. The van der Waals surface area contributed by atoms with E-state index in [9.17, 15) is 13.2 Å². The summed E-state index contributed by atoms with van der Waals surface area (Å²) in [7, 11) is 0. The summed E-state index contributed by atoms with van der Waals surface area (Å²) in [6, 6.07) is 4.31. The lowest BCUT2D eigenvalue weighted by atomic mass is 9.88. The number of ether oxygens (including phenoxy) is 2. The molecule has 0 radical (unpaired) electrons. The summed E-state index contributed by atoms with van der Waals surface area (Å²) < 4.78 is 48.3. The molecule has 1 aliphatic carbocycles. The molecule has 0 bridgehead atoms. The van der Waals surface area contributed by atoms with Crippen molar-refractivity contribution in [2.45, 2.75) is 51.5 Å². The zero-order valence-electron chi connectivity index (χ0n) is 12.0. The van der Waals surface area contributed by atoms with E-state index < -0.39 is 12.0 Å². The Morgan fingerprint density at radius 2 is 1.76 bits per heavy atom. The maximum Gasteiger partial charge on any atom is 0.573 e. The third-order valence-electron chi connectivity index (χ3n) is 3.95. The van der Waals surface area contributed by atoms with Gasteiger partial charge >= 0.3 is 6.36 Å². The molecule has 1 aliphatic rings. The van der Waals surface area contributed by atoms with Crippen LogP contribution in [-0.4, -0.2) is 12.0 Å². The normalized spacial score (nSPS) is 18.0. The maximum absolute atomic E-state index is 12.5. The molecule has 0 aromatic heterocycles. The molecule has 1 aromatic carbocycles. The molecule has 6 heteroatoms. The fourth-order valence-corrected chi connectivity index (χ4v) is 3.10. The quantitative estimate of drug-likeness (QED) is 0.680. The van der Waals surface area contributed by atoms with Gasteiger partial charge < -0.3 is 9.47 Å². The second kappa shape index (κ2) is 6.07. The average Bonchev–Trinajstić information content (AvgIpc) is 2.81. The van der Waals surface area contributed by atoms with Gasteiger partial charge in [0.1, 0.15) is 5.60 Å².